The van der Waals surface area contributed by atoms with Crippen molar-refractivity contribution in [2.75, 3.05) is 41.3 Å². The molecule has 4 rings (SSSR count). The van der Waals surface area contributed by atoms with Crippen LogP contribution < -0.4 is 15.1 Å². The topological polar surface area (TPSA) is 86.0 Å². The molecular weight excluding hydrogens is 394 g/mol. The molecule has 7 heteroatoms. The van der Waals surface area contributed by atoms with Gasteiger partial charge in [-0.3, -0.25) is 9.59 Å². The molecule has 160 valence electrons. The average molecular weight is 419 g/mol. The zero-order chi connectivity index (χ0) is 21.6. The summed E-state index contributed by atoms with van der Waals surface area (Å²) in [6.45, 7) is 3.62. The molecule has 1 aliphatic rings. The van der Waals surface area contributed by atoms with Gasteiger partial charge in [0.15, 0.2) is 5.76 Å². The summed E-state index contributed by atoms with van der Waals surface area (Å²) in [6, 6.07) is 19.3. The van der Waals surface area contributed by atoms with Crippen molar-refractivity contribution in [3.8, 4) is 0 Å². The van der Waals surface area contributed by atoms with Crippen molar-refractivity contribution >= 4 is 28.9 Å². The number of anilines is 3. The first-order valence-electron chi connectivity index (χ1n) is 10.3. The summed E-state index contributed by atoms with van der Waals surface area (Å²) in [6.07, 6.45) is 2.19. The number of hydrogen-bond donors (Lipinski definition) is 2. The van der Waals surface area contributed by atoms with Crippen LogP contribution in [-0.4, -0.2) is 43.2 Å². The minimum atomic E-state index is -0.770. The molecule has 1 aromatic heterocycles. The Kier molecular flexibility index (Phi) is 6.21. The Hall–Kier alpha value is -3.74. The zero-order valence-corrected chi connectivity index (χ0v) is 17.2. The highest BCUT2D eigenvalue weighted by atomic mass is 16.4. The summed E-state index contributed by atoms with van der Waals surface area (Å²) < 4.78 is 5.11. The quantitative estimate of drug-likeness (QED) is 0.605. The third kappa shape index (κ3) is 5.25. The highest BCUT2D eigenvalue weighted by molar-refractivity contribution is 6.02. The van der Waals surface area contributed by atoms with Crippen molar-refractivity contribution in [2.45, 2.75) is 12.8 Å². The molecule has 1 amide bonds. The minimum absolute atomic E-state index is 0.156. The van der Waals surface area contributed by atoms with Crippen LogP contribution in [0.3, 0.4) is 0 Å². The van der Waals surface area contributed by atoms with Gasteiger partial charge in [-0.2, -0.15) is 0 Å². The number of rotatable bonds is 7. The van der Waals surface area contributed by atoms with E-state index < -0.39 is 5.97 Å². The normalized spacial score (nSPS) is 13.8. The predicted molar refractivity (Wildman–Crippen MR) is 120 cm³/mol. The Bertz CT molecular complexity index is 1010. The molecule has 0 unspecified atom stereocenters. The predicted octanol–water partition coefficient (Wildman–Crippen LogP) is 3.88. The van der Waals surface area contributed by atoms with Gasteiger partial charge in [0.1, 0.15) is 0 Å². The fourth-order valence-electron chi connectivity index (χ4n) is 3.70. The molecule has 0 atom stereocenters. The van der Waals surface area contributed by atoms with Gasteiger partial charge in [-0.1, -0.05) is 12.1 Å². The lowest BCUT2D eigenvalue weighted by atomic mass is 10.1. The average Bonchev–Trinajstić information content (AvgIpc) is 3.34. The molecule has 2 heterocycles. The Morgan fingerprint density at radius 3 is 1.97 bits per heavy atom. The fraction of sp³-hybridized carbons (Fsp3) is 0.250. The van der Waals surface area contributed by atoms with Crippen LogP contribution in [0.1, 0.15) is 22.5 Å². The smallest absolute Gasteiger partial charge is 0.303 e. The molecule has 0 saturated carbocycles. The summed E-state index contributed by atoms with van der Waals surface area (Å²) in [4.78, 5) is 27.5. The van der Waals surface area contributed by atoms with E-state index in [0.717, 1.165) is 48.8 Å². The van der Waals surface area contributed by atoms with Crippen molar-refractivity contribution in [1.29, 1.82) is 0 Å². The summed E-state index contributed by atoms with van der Waals surface area (Å²) in [5.74, 6) is -0.747. The number of nitrogens with one attached hydrogen (secondary N) is 1. The minimum Gasteiger partial charge on any atom is -0.481 e. The van der Waals surface area contributed by atoms with Crippen LogP contribution in [0.5, 0.6) is 0 Å². The number of piperazine rings is 1. The number of furan rings is 1. The lowest BCUT2D eigenvalue weighted by molar-refractivity contribution is -0.136. The number of carbonyl (C=O) groups is 2. The van der Waals surface area contributed by atoms with Crippen LogP contribution >= 0.6 is 0 Å². The van der Waals surface area contributed by atoms with Gasteiger partial charge in [0.25, 0.3) is 5.91 Å². The first kappa shape index (κ1) is 20.5. The molecule has 0 spiro atoms. The number of nitrogens with zero attached hydrogens (tertiary/aromatic N) is 2. The second-order valence-electron chi connectivity index (χ2n) is 7.51. The molecule has 31 heavy (non-hydrogen) atoms. The lowest BCUT2D eigenvalue weighted by Crippen LogP contribution is -2.46. The highest BCUT2D eigenvalue weighted by Crippen LogP contribution is 2.23. The van der Waals surface area contributed by atoms with Crippen LogP contribution in [0.2, 0.25) is 0 Å². The van der Waals surface area contributed by atoms with Crippen molar-refractivity contribution in [2.24, 2.45) is 0 Å². The van der Waals surface area contributed by atoms with Gasteiger partial charge in [0.05, 0.1) is 6.26 Å². The first-order valence-corrected chi connectivity index (χ1v) is 10.3. The van der Waals surface area contributed by atoms with E-state index in [-0.39, 0.29) is 18.1 Å². The molecule has 3 aromatic rings. The van der Waals surface area contributed by atoms with Crippen molar-refractivity contribution in [1.82, 2.24) is 0 Å². The number of aliphatic carboxylic acids is 1. The number of carboxylic acid groups (broad SMARTS) is 1. The molecule has 1 aliphatic heterocycles. The summed E-state index contributed by atoms with van der Waals surface area (Å²) >= 11 is 0. The molecule has 1 saturated heterocycles. The van der Waals surface area contributed by atoms with Crippen molar-refractivity contribution in [3.63, 3.8) is 0 Å². The third-order valence-corrected chi connectivity index (χ3v) is 5.44. The Morgan fingerprint density at radius 1 is 0.871 bits per heavy atom. The maximum atomic E-state index is 12.1. The highest BCUT2D eigenvalue weighted by Gasteiger charge is 2.18. The maximum Gasteiger partial charge on any atom is 0.303 e. The molecule has 1 fully saturated rings. The van der Waals surface area contributed by atoms with Gasteiger partial charge >= 0.3 is 5.97 Å². The molecule has 0 radical (unpaired) electrons. The van der Waals surface area contributed by atoms with Gasteiger partial charge in [0, 0.05) is 49.7 Å². The van der Waals surface area contributed by atoms with E-state index in [1.165, 1.54) is 6.26 Å². The number of carbonyl (C=O) groups excluding carboxylic acids is 1. The van der Waals surface area contributed by atoms with E-state index in [1.807, 2.05) is 36.4 Å². The number of amides is 1. The lowest BCUT2D eigenvalue weighted by Gasteiger charge is -2.37. The first-order chi connectivity index (χ1) is 15.1. The van der Waals surface area contributed by atoms with Gasteiger partial charge in [-0.25, -0.2) is 0 Å². The van der Waals surface area contributed by atoms with Crippen molar-refractivity contribution in [3.05, 3.63) is 78.3 Å². The standard InChI is InChI=1S/C24H25N3O4/c28-23(29)12-5-18-3-8-20(9-4-18)26-13-15-27(16-14-26)21-10-6-19(7-11-21)25-24(30)22-2-1-17-31-22/h1-4,6-11,17H,5,12-16H2,(H,25,30)(H,28,29). The Labute approximate surface area is 180 Å². The summed E-state index contributed by atoms with van der Waals surface area (Å²) in [5.41, 5.74) is 4.06. The number of aryl methyl sites for hydroxylation is 1. The van der Waals surface area contributed by atoms with Gasteiger partial charge in [-0.05, 0) is 60.5 Å². The largest absolute Gasteiger partial charge is 0.481 e. The van der Waals surface area contributed by atoms with E-state index in [9.17, 15) is 9.59 Å². The van der Waals surface area contributed by atoms with Crippen LogP contribution in [0, 0.1) is 0 Å². The van der Waals surface area contributed by atoms with Crippen molar-refractivity contribution < 1.29 is 19.1 Å². The molecule has 0 bridgehead atoms. The van der Waals surface area contributed by atoms with Crippen LogP contribution in [0.15, 0.2) is 71.3 Å². The Morgan fingerprint density at radius 2 is 1.45 bits per heavy atom. The number of hydrogen-bond acceptors (Lipinski definition) is 5. The fourth-order valence-corrected chi connectivity index (χ4v) is 3.70. The van der Waals surface area contributed by atoms with E-state index in [4.69, 9.17) is 9.52 Å². The zero-order valence-electron chi connectivity index (χ0n) is 17.2. The summed E-state index contributed by atoms with van der Waals surface area (Å²) in [7, 11) is 0. The van der Waals surface area contributed by atoms with Crippen LogP contribution in [0.4, 0.5) is 17.1 Å². The van der Waals surface area contributed by atoms with Crippen LogP contribution in [0.25, 0.3) is 0 Å². The number of benzene rings is 2. The molecule has 0 aliphatic carbocycles. The van der Waals surface area contributed by atoms with E-state index in [2.05, 4.69) is 27.2 Å². The second kappa shape index (κ2) is 9.38. The van der Waals surface area contributed by atoms with E-state index in [0.29, 0.717) is 6.42 Å². The SMILES string of the molecule is O=C(O)CCc1ccc(N2CCN(c3ccc(NC(=O)c4ccco4)cc3)CC2)cc1. The van der Waals surface area contributed by atoms with Gasteiger partial charge in [0.2, 0.25) is 0 Å². The number of carboxylic acids is 1. The Balaban J connectivity index is 1.29. The third-order valence-electron chi connectivity index (χ3n) is 5.44. The molecule has 2 aromatic carbocycles. The molecule has 2 N–H and O–H groups in total. The van der Waals surface area contributed by atoms with Gasteiger partial charge < -0.3 is 24.6 Å². The molecular formula is C24H25N3O4. The van der Waals surface area contributed by atoms with E-state index >= 15 is 0 Å². The monoisotopic (exact) mass is 419 g/mol. The van der Waals surface area contributed by atoms with Crippen LogP contribution in [-0.2, 0) is 11.2 Å². The maximum absolute atomic E-state index is 12.1. The summed E-state index contributed by atoms with van der Waals surface area (Å²) in [5, 5.41) is 11.6. The molecule has 7 nitrogen and oxygen atoms in total. The second-order valence-corrected chi connectivity index (χ2v) is 7.51. The van der Waals surface area contributed by atoms with Gasteiger partial charge in [-0.15, -0.1) is 0 Å². The van der Waals surface area contributed by atoms with E-state index in [1.54, 1.807) is 12.1 Å².